The van der Waals surface area contributed by atoms with E-state index in [2.05, 4.69) is 10.6 Å². The molecule has 0 saturated carbocycles. The third-order valence-electron chi connectivity index (χ3n) is 1.82. The van der Waals surface area contributed by atoms with Gasteiger partial charge in [-0.1, -0.05) is 0 Å². The van der Waals surface area contributed by atoms with Crippen molar-refractivity contribution in [1.82, 2.24) is 10.6 Å². The zero-order valence-corrected chi connectivity index (χ0v) is 6.79. The summed E-state index contributed by atoms with van der Waals surface area (Å²) in [5.74, 6) is 2.50. The number of hydrogen-bond acceptors (Lipinski definition) is 3. The van der Waals surface area contributed by atoms with Gasteiger partial charge in [-0.3, -0.25) is 0 Å². The molecule has 9 heavy (non-hydrogen) atoms. The van der Waals surface area contributed by atoms with Crippen molar-refractivity contribution in [3.05, 3.63) is 0 Å². The first-order valence-corrected chi connectivity index (χ1v) is 4.46. The number of hydrogen-bond donors (Lipinski definition) is 2. The van der Waals surface area contributed by atoms with E-state index in [1.54, 1.807) is 0 Å². The Morgan fingerprint density at radius 3 is 1.89 bits per heavy atom. The van der Waals surface area contributed by atoms with Crippen LogP contribution in [0.25, 0.3) is 0 Å². The Balaban J connectivity index is 2.32. The van der Waals surface area contributed by atoms with Crippen LogP contribution in [0.1, 0.15) is 0 Å². The Kier molecular flexibility index (Phi) is 2.82. The largest absolute Gasteiger partial charge is 0.315 e. The maximum atomic E-state index is 3.28. The van der Waals surface area contributed by atoms with Crippen LogP contribution < -0.4 is 10.6 Å². The summed E-state index contributed by atoms with van der Waals surface area (Å²) in [6.45, 7) is 0. The molecule has 0 radical (unpaired) electrons. The van der Waals surface area contributed by atoms with E-state index in [4.69, 9.17) is 0 Å². The van der Waals surface area contributed by atoms with Crippen molar-refractivity contribution in [2.45, 2.75) is 12.1 Å². The van der Waals surface area contributed by atoms with E-state index in [1.807, 2.05) is 25.9 Å². The van der Waals surface area contributed by atoms with Gasteiger partial charge < -0.3 is 10.6 Å². The SMILES string of the molecule is CNC1CSC[C@@H]1NC. The number of rotatable bonds is 2. The predicted molar refractivity (Wildman–Crippen MR) is 43.0 cm³/mol. The highest BCUT2D eigenvalue weighted by atomic mass is 32.2. The zero-order chi connectivity index (χ0) is 6.69. The van der Waals surface area contributed by atoms with Crippen molar-refractivity contribution >= 4 is 11.8 Å². The van der Waals surface area contributed by atoms with Crippen LogP contribution in [-0.4, -0.2) is 37.7 Å². The quantitative estimate of drug-likeness (QED) is 0.569. The third-order valence-corrected chi connectivity index (χ3v) is 3.01. The molecule has 0 aromatic rings. The number of likely N-dealkylation sites (N-methyl/N-ethyl adjacent to an activating group) is 2. The fourth-order valence-corrected chi connectivity index (χ4v) is 2.57. The van der Waals surface area contributed by atoms with E-state index in [0.717, 1.165) is 0 Å². The van der Waals surface area contributed by atoms with Crippen LogP contribution in [0.15, 0.2) is 0 Å². The molecule has 0 aromatic heterocycles. The van der Waals surface area contributed by atoms with Crippen molar-refractivity contribution in [1.29, 1.82) is 0 Å². The molecular formula is C6H14N2S. The maximum Gasteiger partial charge on any atom is 0.0317 e. The fourth-order valence-electron chi connectivity index (χ4n) is 1.12. The highest BCUT2D eigenvalue weighted by Crippen LogP contribution is 2.17. The van der Waals surface area contributed by atoms with Crippen molar-refractivity contribution in [3.63, 3.8) is 0 Å². The minimum atomic E-state index is 0.681. The van der Waals surface area contributed by atoms with Crippen molar-refractivity contribution in [3.8, 4) is 0 Å². The lowest BCUT2D eigenvalue weighted by atomic mass is 10.2. The minimum absolute atomic E-state index is 0.681. The van der Waals surface area contributed by atoms with E-state index < -0.39 is 0 Å². The van der Waals surface area contributed by atoms with Crippen LogP contribution in [0.4, 0.5) is 0 Å². The Bertz CT molecular complexity index is 77.1. The molecular weight excluding hydrogens is 132 g/mol. The third kappa shape index (κ3) is 1.60. The van der Waals surface area contributed by atoms with Crippen LogP contribution in [0.5, 0.6) is 0 Å². The molecule has 1 heterocycles. The first kappa shape index (κ1) is 7.38. The van der Waals surface area contributed by atoms with Gasteiger partial charge in [-0.2, -0.15) is 11.8 Å². The highest BCUT2D eigenvalue weighted by Gasteiger charge is 2.23. The smallest absolute Gasteiger partial charge is 0.0317 e. The number of nitrogens with one attached hydrogen (secondary N) is 2. The van der Waals surface area contributed by atoms with E-state index in [9.17, 15) is 0 Å². The average molecular weight is 146 g/mol. The van der Waals surface area contributed by atoms with Gasteiger partial charge in [0.1, 0.15) is 0 Å². The summed E-state index contributed by atoms with van der Waals surface area (Å²) >= 11 is 2.01. The molecule has 2 nitrogen and oxygen atoms in total. The van der Waals surface area contributed by atoms with Gasteiger partial charge in [-0.15, -0.1) is 0 Å². The zero-order valence-electron chi connectivity index (χ0n) is 5.98. The molecule has 1 aliphatic heterocycles. The predicted octanol–water partition coefficient (Wildman–Crippen LogP) is -0.0908. The summed E-state index contributed by atoms with van der Waals surface area (Å²) in [7, 11) is 4.06. The summed E-state index contributed by atoms with van der Waals surface area (Å²) in [5, 5.41) is 6.56. The van der Waals surface area contributed by atoms with Gasteiger partial charge in [0.25, 0.3) is 0 Å². The molecule has 2 atom stereocenters. The van der Waals surface area contributed by atoms with E-state index in [0.29, 0.717) is 12.1 Å². The van der Waals surface area contributed by atoms with E-state index in [-0.39, 0.29) is 0 Å². The van der Waals surface area contributed by atoms with Gasteiger partial charge in [0, 0.05) is 23.6 Å². The van der Waals surface area contributed by atoms with Gasteiger partial charge in [0.05, 0.1) is 0 Å². The fraction of sp³-hybridized carbons (Fsp3) is 1.00. The van der Waals surface area contributed by atoms with Crippen LogP contribution >= 0.6 is 11.8 Å². The minimum Gasteiger partial charge on any atom is -0.315 e. The Morgan fingerprint density at radius 1 is 1.11 bits per heavy atom. The van der Waals surface area contributed by atoms with Crippen LogP contribution in [0, 0.1) is 0 Å². The van der Waals surface area contributed by atoms with Gasteiger partial charge in [0.15, 0.2) is 0 Å². The van der Waals surface area contributed by atoms with E-state index >= 15 is 0 Å². The Labute approximate surface area is 60.8 Å². The molecule has 1 aliphatic rings. The molecule has 0 amide bonds. The lowest BCUT2D eigenvalue weighted by Crippen LogP contribution is -2.43. The Hall–Kier alpha value is 0.270. The van der Waals surface area contributed by atoms with Crippen molar-refractivity contribution < 1.29 is 0 Å². The lowest BCUT2D eigenvalue weighted by molar-refractivity contribution is 0.488. The molecule has 0 spiro atoms. The van der Waals surface area contributed by atoms with Gasteiger partial charge in [-0.25, -0.2) is 0 Å². The van der Waals surface area contributed by atoms with Crippen LogP contribution in [0.2, 0.25) is 0 Å². The highest BCUT2D eigenvalue weighted by molar-refractivity contribution is 7.99. The van der Waals surface area contributed by atoms with Crippen molar-refractivity contribution in [2.75, 3.05) is 25.6 Å². The molecule has 54 valence electrons. The molecule has 1 rings (SSSR count). The first-order chi connectivity index (χ1) is 4.38. The second kappa shape index (κ2) is 3.44. The van der Waals surface area contributed by atoms with Gasteiger partial charge in [0.2, 0.25) is 0 Å². The summed E-state index contributed by atoms with van der Waals surface area (Å²) in [4.78, 5) is 0. The average Bonchev–Trinajstić information content (AvgIpc) is 2.33. The molecule has 1 unspecified atom stereocenters. The second-order valence-electron chi connectivity index (χ2n) is 2.33. The molecule has 2 N–H and O–H groups in total. The molecule has 0 bridgehead atoms. The maximum absolute atomic E-state index is 3.28. The number of thioether (sulfide) groups is 1. The van der Waals surface area contributed by atoms with Gasteiger partial charge in [-0.05, 0) is 14.1 Å². The lowest BCUT2D eigenvalue weighted by Gasteiger charge is -2.16. The summed E-state index contributed by atoms with van der Waals surface area (Å²) < 4.78 is 0. The molecule has 1 saturated heterocycles. The van der Waals surface area contributed by atoms with Crippen molar-refractivity contribution in [2.24, 2.45) is 0 Å². The molecule has 0 aromatic carbocycles. The molecule has 3 heteroatoms. The Morgan fingerprint density at radius 2 is 1.56 bits per heavy atom. The van der Waals surface area contributed by atoms with E-state index in [1.165, 1.54) is 11.5 Å². The van der Waals surface area contributed by atoms with Crippen LogP contribution in [-0.2, 0) is 0 Å². The topological polar surface area (TPSA) is 24.1 Å². The standard InChI is InChI=1S/C6H14N2S/c1-7-5-3-9-4-6(5)8-2/h5-8H,3-4H2,1-2H3/t5-,6?/m0/s1. The molecule has 0 aliphatic carbocycles. The summed E-state index contributed by atoms with van der Waals surface area (Å²) in [6, 6.07) is 1.36. The summed E-state index contributed by atoms with van der Waals surface area (Å²) in [5.41, 5.74) is 0. The first-order valence-electron chi connectivity index (χ1n) is 3.30. The molecule has 1 fully saturated rings. The van der Waals surface area contributed by atoms with Crippen LogP contribution in [0.3, 0.4) is 0 Å². The summed E-state index contributed by atoms with van der Waals surface area (Å²) in [6.07, 6.45) is 0. The second-order valence-corrected chi connectivity index (χ2v) is 3.40. The normalized spacial score (nSPS) is 35.3. The van der Waals surface area contributed by atoms with Gasteiger partial charge >= 0.3 is 0 Å². The monoisotopic (exact) mass is 146 g/mol.